The molecular weight excluding hydrogens is 228 g/mol. The first-order valence-electron chi connectivity index (χ1n) is 5.74. The van der Waals surface area contributed by atoms with Gasteiger partial charge in [-0.3, -0.25) is 0 Å². The van der Waals surface area contributed by atoms with Gasteiger partial charge in [0.2, 0.25) is 6.10 Å². The largest absolute Gasteiger partial charge is 0.473 e. The van der Waals surface area contributed by atoms with Crippen molar-refractivity contribution in [3.63, 3.8) is 0 Å². The standard InChI is InChI=1S/C15H12O3/c1-17-15(16)13-9-8-11-7-6-10-4-2-3-5-12(10)14(11)18-13/h2-9,13H,1H3. The van der Waals surface area contributed by atoms with Gasteiger partial charge in [0.1, 0.15) is 5.75 Å². The average Bonchev–Trinajstić information content (AvgIpc) is 2.45. The summed E-state index contributed by atoms with van der Waals surface area (Å²) in [6.07, 6.45) is 2.95. The maximum Gasteiger partial charge on any atom is 0.351 e. The predicted molar refractivity (Wildman–Crippen MR) is 69.4 cm³/mol. The van der Waals surface area contributed by atoms with E-state index in [1.807, 2.05) is 42.5 Å². The summed E-state index contributed by atoms with van der Waals surface area (Å²) in [4.78, 5) is 11.5. The van der Waals surface area contributed by atoms with Gasteiger partial charge in [0, 0.05) is 10.9 Å². The number of hydrogen-bond acceptors (Lipinski definition) is 3. The van der Waals surface area contributed by atoms with E-state index in [0.29, 0.717) is 0 Å². The van der Waals surface area contributed by atoms with Crippen LogP contribution in [0.1, 0.15) is 5.56 Å². The molecule has 0 bridgehead atoms. The Kier molecular flexibility index (Phi) is 2.52. The molecule has 1 aliphatic rings. The molecule has 1 unspecified atom stereocenters. The predicted octanol–water partition coefficient (Wildman–Crippen LogP) is 2.79. The van der Waals surface area contributed by atoms with Crippen molar-refractivity contribution < 1.29 is 14.3 Å². The van der Waals surface area contributed by atoms with Crippen LogP contribution in [0.15, 0.2) is 42.5 Å². The third kappa shape index (κ3) is 1.64. The van der Waals surface area contributed by atoms with Crippen LogP contribution in [0.2, 0.25) is 0 Å². The summed E-state index contributed by atoms with van der Waals surface area (Å²) >= 11 is 0. The Balaban J connectivity index is 2.12. The van der Waals surface area contributed by atoms with E-state index in [1.54, 1.807) is 6.08 Å². The zero-order valence-electron chi connectivity index (χ0n) is 9.92. The van der Waals surface area contributed by atoms with Crippen molar-refractivity contribution in [2.75, 3.05) is 7.11 Å². The summed E-state index contributed by atoms with van der Waals surface area (Å²) in [6.45, 7) is 0. The summed E-state index contributed by atoms with van der Waals surface area (Å²) in [7, 11) is 1.36. The number of benzene rings is 2. The number of rotatable bonds is 1. The fourth-order valence-corrected chi connectivity index (χ4v) is 2.12. The lowest BCUT2D eigenvalue weighted by molar-refractivity contribution is -0.146. The molecule has 0 saturated carbocycles. The van der Waals surface area contributed by atoms with Gasteiger partial charge in [-0.25, -0.2) is 4.79 Å². The molecule has 1 aliphatic heterocycles. The summed E-state index contributed by atoms with van der Waals surface area (Å²) in [5.41, 5.74) is 0.980. The van der Waals surface area contributed by atoms with Crippen LogP contribution in [0.25, 0.3) is 16.8 Å². The van der Waals surface area contributed by atoms with Crippen LogP contribution in [0.4, 0.5) is 0 Å². The summed E-state index contributed by atoms with van der Waals surface area (Å²) in [5.74, 6) is 0.357. The van der Waals surface area contributed by atoms with Gasteiger partial charge in [0.15, 0.2) is 0 Å². The highest BCUT2D eigenvalue weighted by Gasteiger charge is 2.23. The van der Waals surface area contributed by atoms with Crippen molar-refractivity contribution >= 4 is 22.8 Å². The quantitative estimate of drug-likeness (QED) is 0.719. The van der Waals surface area contributed by atoms with Crippen LogP contribution >= 0.6 is 0 Å². The second-order valence-corrected chi connectivity index (χ2v) is 4.13. The Bertz CT molecular complexity index is 643. The lowest BCUT2D eigenvalue weighted by Gasteiger charge is -2.21. The van der Waals surface area contributed by atoms with Gasteiger partial charge < -0.3 is 9.47 Å². The Hall–Kier alpha value is -2.29. The average molecular weight is 240 g/mol. The van der Waals surface area contributed by atoms with Crippen LogP contribution in [0.5, 0.6) is 5.75 Å². The van der Waals surface area contributed by atoms with E-state index in [2.05, 4.69) is 0 Å². The first-order chi connectivity index (χ1) is 8.79. The van der Waals surface area contributed by atoms with Gasteiger partial charge >= 0.3 is 5.97 Å². The SMILES string of the molecule is COC(=O)C1C=Cc2ccc3ccccc3c2O1. The number of fused-ring (bicyclic) bond motifs is 3. The molecule has 0 N–H and O–H groups in total. The van der Waals surface area contributed by atoms with Gasteiger partial charge in [0.05, 0.1) is 7.11 Å². The molecule has 3 nitrogen and oxygen atoms in total. The molecule has 0 radical (unpaired) electrons. The number of carbonyl (C=O) groups is 1. The van der Waals surface area contributed by atoms with Crippen LogP contribution in [-0.2, 0) is 9.53 Å². The van der Waals surface area contributed by atoms with Crippen LogP contribution in [0, 0.1) is 0 Å². The van der Waals surface area contributed by atoms with Crippen molar-refractivity contribution in [1.82, 2.24) is 0 Å². The molecule has 2 aromatic carbocycles. The minimum Gasteiger partial charge on any atom is -0.473 e. The Morgan fingerprint density at radius 2 is 2.06 bits per heavy atom. The maximum absolute atomic E-state index is 11.5. The summed E-state index contributed by atoms with van der Waals surface area (Å²) < 4.78 is 10.4. The van der Waals surface area contributed by atoms with Crippen molar-refractivity contribution in [2.24, 2.45) is 0 Å². The highest BCUT2D eigenvalue weighted by molar-refractivity contribution is 5.93. The zero-order chi connectivity index (χ0) is 12.5. The topological polar surface area (TPSA) is 35.5 Å². The highest BCUT2D eigenvalue weighted by atomic mass is 16.6. The molecular formula is C15H12O3. The molecule has 1 heterocycles. The number of hydrogen-bond donors (Lipinski definition) is 0. The third-order valence-electron chi connectivity index (χ3n) is 3.04. The smallest absolute Gasteiger partial charge is 0.351 e. The fourth-order valence-electron chi connectivity index (χ4n) is 2.12. The number of carbonyl (C=O) groups excluding carboxylic acids is 1. The van der Waals surface area contributed by atoms with Crippen LogP contribution in [0.3, 0.4) is 0 Å². The van der Waals surface area contributed by atoms with E-state index in [-0.39, 0.29) is 5.97 Å². The van der Waals surface area contributed by atoms with E-state index in [1.165, 1.54) is 7.11 Å². The second kappa shape index (κ2) is 4.18. The molecule has 90 valence electrons. The molecule has 0 fully saturated rings. The number of esters is 1. The van der Waals surface area contributed by atoms with Gasteiger partial charge in [-0.15, -0.1) is 0 Å². The normalized spacial score (nSPS) is 17.1. The molecule has 2 aromatic rings. The minimum atomic E-state index is -0.659. The number of ether oxygens (including phenoxy) is 2. The first kappa shape index (κ1) is 10.8. The van der Waals surface area contributed by atoms with E-state index in [9.17, 15) is 4.79 Å². The monoisotopic (exact) mass is 240 g/mol. The molecule has 1 atom stereocenters. The number of methoxy groups -OCH3 is 1. The van der Waals surface area contributed by atoms with E-state index >= 15 is 0 Å². The Morgan fingerprint density at radius 1 is 1.22 bits per heavy atom. The minimum absolute atomic E-state index is 0.384. The Morgan fingerprint density at radius 3 is 2.89 bits per heavy atom. The van der Waals surface area contributed by atoms with E-state index in [4.69, 9.17) is 9.47 Å². The van der Waals surface area contributed by atoms with Crippen molar-refractivity contribution in [2.45, 2.75) is 6.10 Å². The maximum atomic E-state index is 11.5. The van der Waals surface area contributed by atoms with E-state index in [0.717, 1.165) is 22.1 Å². The van der Waals surface area contributed by atoms with Crippen molar-refractivity contribution in [3.8, 4) is 5.75 Å². The second-order valence-electron chi connectivity index (χ2n) is 4.13. The third-order valence-corrected chi connectivity index (χ3v) is 3.04. The highest BCUT2D eigenvalue weighted by Crippen LogP contribution is 2.34. The zero-order valence-corrected chi connectivity index (χ0v) is 9.92. The van der Waals surface area contributed by atoms with E-state index < -0.39 is 6.10 Å². The van der Waals surface area contributed by atoms with Crippen molar-refractivity contribution in [3.05, 3.63) is 48.0 Å². The first-order valence-corrected chi connectivity index (χ1v) is 5.74. The summed E-state index contributed by atoms with van der Waals surface area (Å²) in [6, 6.07) is 12.0. The molecule has 3 rings (SSSR count). The molecule has 0 spiro atoms. The lowest BCUT2D eigenvalue weighted by atomic mass is 10.0. The summed E-state index contributed by atoms with van der Waals surface area (Å²) in [5, 5.41) is 2.10. The molecule has 0 saturated heterocycles. The van der Waals surface area contributed by atoms with Crippen LogP contribution in [-0.4, -0.2) is 19.2 Å². The van der Waals surface area contributed by atoms with Gasteiger partial charge in [0.25, 0.3) is 0 Å². The molecule has 0 aliphatic carbocycles. The molecule has 0 amide bonds. The Labute approximate surface area is 105 Å². The molecule has 3 heteroatoms. The van der Waals surface area contributed by atoms with Crippen LogP contribution < -0.4 is 4.74 Å². The molecule has 18 heavy (non-hydrogen) atoms. The lowest BCUT2D eigenvalue weighted by Crippen LogP contribution is -2.28. The van der Waals surface area contributed by atoms with Gasteiger partial charge in [-0.1, -0.05) is 42.5 Å². The van der Waals surface area contributed by atoms with Crippen molar-refractivity contribution in [1.29, 1.82) is 0 Å². The van der Waals surface area contributed by atoms with Gasteiger partial charge in [-0.2, -0.15) is 0 Å². The fraction of sp³-hybridized carbons (Fsp3) is 0.133. The van der Waals surface area contributed by atoms with Gasteiger partial charge in [-0.05, 0) is 11.5 Å². The molecule has 0 aromatic heterocycles.